The van der Waals surface area contributed by atoms with Crippen molar-refractivity contribution in [3.8, 4) is 0 Å². The van der Waals surface area contributed by atoms with Crippen molar-refractivity contribution in [3.05, 3.63) is 29.8 Å². The molecule has 3 rings (SSSR count). The van der Waals surface area contributed by atoms with E-state index in [9.17, 15) is 0 Å². The molecule has 1 aromatic rings. The Labute approximate surface area is 134 Å². The molecule has 2 heterocycles. The second-order valence-corrected chi connectivity index (χ2v) is 7.14. The van der Waals surface area contributed by atoms with Crippen LogP contribution in [0.15, 0.2) is 24.3 Å². The summed E-state index contributed by atoms with van der Waals surface area (Å²) < 4.78 is 5.49. The number of para-hydroxylation sites is 1. The van der Waals surface area contributed by atoms with E-state index >= 15 is 0 Å². The van der Waals surface area contributed by atoms with E-state index in [1.54, 1.807) is 0 Å². The Morgan fingerprint density at radius 2 is 2.05 bits per heavy atom. The maximum atomic E-state index is 5.49. The molecule has 1 N–H and O–H groups in total. The lowest BCUT2D eigenvalue weighted by molar-refractivity contribution is 0.122. The van der Waals surface area contributed by atoms with Crippen LogP contribution in [0.4, 0.5) is 5.69 Å². The highest BCUT2D eigenvalue weighted by atomic mass is 16.5. The standard InChI is InChI=1S/C18H29N3O/c1-18(7-8-19-14-18)15-20(2)13-16-5-3-4-6-17(16)21-9-11-22-12-10-21/h3-6,19H,7-15H2,1-2H3. The largest absolute Gasteiger partial charge is 0.378 e. The highest BCUT2D eigenvalue weighted by Gasteiger charge is 2.29. The highest BCUT2D eigenvalue weighted by Crippen LogP contribution is 2.27. The van der Waals surface area contributed by atoms with E-state index in [-0.39, 0.29) is 0 Å². The molecular weight excluding hydrogens is 274 g/mol. The molecule has 0 aromatic heterocycles. The second kappa shape index (κ2) is 6.99. The van der Waals surface area contributed by atoms with E-state index in [0.29, 0.717) is 5.41 Å². The van der Waals surface area contributed by atoms with Crippen molar-refractivity contribution < 1.29 is 4.74 Å². The van der Waals surface area contributed by atoms with Gasteiger partial charge in [-0.1, -0.05) is 25.1 Å². The van der Waals surface area contributed by atoms with Gasteiger partial charge >= 0.3 is 0 Å². The fourth-order valence-corrected chi connectivity index (χ4v) is 3.76. The summed E-state index contributed by atoms with van der Waals surface area (Å²) in [5, 5.41) is 3.50. The molecule has 2 fully saturated rings. The van der Waals surface area contributed by atoms with Crippen molar-refractivity contribution in [1.82, 2.24) is 10.2 Å². The van der Waals surface area contributed by atoms with Gasteiger partial charge in [-0.3, -0.25) is 0 Å². The molecule has 22 heavy (non-hydrogen) atoms. The molecular formula is C18H29N3O. The average Bonchev–Trinajstić information content (AvgIpc) is 2.94. The zero-order chi connectivity index (χ0) is 15.4. The minimum absolute atomic E-state index is 0.419. The number of rotatable bonds is 5. The smallest absolute Gasteiger partial charge is 0.0642 e. The summed E-state index contributed by atoms with van der Waals surface area (Å²) in [5.74, 6) is 0. The summed E-state index contributed by atoms with van der Waals surface area (Å²) in [7, 11) is 2.25. The average molecular weight is 303 g/mol. The van der Waals surface area contributed by atoms with Gasteiger partial charge in [0.2, 0.25) is 0 Å². The van der Waals surface area contributed by atoms with Crippen LogP contribution in [0.3, 0.4) is 0 Å². The van der Waals surface area contributed by atoms with Crippen LogP contribution in [0, 0.1) is 5.41 Å². The molecule has 2 aliphatic rings. The number of benzene rings is 1. The van der Waals surface area contributed by atoms with Gasteiger partial charge in [-0.2, -0.15) is 0 Å². The Bertz CT molecular complexity index is 479. The van der Waals surface area contributed by atoms with Crippen LogP contribution in [0.5, 0.6) is 0 Å². The van der Waals surface area contributed by atoms with E-state index in [1.807, 2.05) is 0 Å². The highest BCUT2D eigenvalue weighted by molar-refractivity contribution is 5.53. The van der Waals surface area contributed by atoms with Gasteiger partial charge in [0.05, 0.1) is 13.2 Å². The van der Waals surface area contributed by atoms with Gasteiger partial charge in [0, 0.05) is 38.4 Å². The van der Waals surface area contributed by atoms with Crippen molar-refractivity contribution in [2.45, 2.75) is 19.9 Å². The lowest BCUT2D eigenvalue weighted by Crippen LogP contribution is -2.38. The fraction of sp³-hybridized carbons (Fsp3) is 0.667. The van der Waals surface area contributed by atoms with Crippen molar-refractivity contribution in [2.24, 2.45) is 5.41 Å². The van der Waals surface area contributed by atoms with E-state index < -0.39 is 0 Å². The van der Waals surface area contributed by atoms with Crippen molar-refractivity contribution in [2.75, 3.05) is 57.9 Å². The molecule has 0 saturated carbocycles. The number of ether oxygens (including phenoxy) is 1. The van der Waals surface area contributed by atoms with Gasteiger partial charge in [0.25, 0.3) is 0 Å². The first-order chi connectivity index (χ1) is 10.7. The van der Waals surface area contributed by atoms with Crippen LogP contribution in [0.1, 0.15) is 18.9 Å². The molecule has 1 atom stereocenters. The Kier molecular flexibility index (Phi) is 5.01. The summed E-state index contributed by atoms with van der Waals surface area (Å²) in [6, 6.07) is 8.84. The summed E-state index contributed by atoms with van der Waals surface area (Å²) in [4.78, 5) is 4.94. The predicted molar refractivity (Wildman–Crippen MR) is 91.4 cm³/mol. The minimum atomic E-state index is 0.419. The number of anilines is 1. The Morgan fingerprint density at radius 3 is 2.77 bits per heavy atom. The number of nitrogens with one attached hydrogen (secondary N) is 1. The summed E-state index contributed by atoms with van der Waals surface area (Å²) in [5.41, 5.74) is 3.23. The zero-order valence-electron chi connectivity index (χ0n) is 14.0. The quantitative estimate of drug-likeness (QED) is 0.900. The molecule has 0 radical (unpaired) electrons. The number of morpholine rings is 1. The minimum Gasteiger partial charge on any atom is -0.378 e. The summed E-state index contributed by atoms with van der Waals surface area (Å²) in [6.45, 7) is 10.6. The molecule has 4 heteroatoms. The molecule has 122 valence electrons. The number of hydrogen-bond donors (Lipinski definition) is 1. The first-order valence-electron chi connectivity index (χ1n) is 8.46. The van der Waals surface area contributed by atoms with Gasteiger partial charge in [0.1, 0.15) is 0 Å². The van der Waals surface area contributed by atoms with E-state index in [1.165, 1.54) is 17.7 Å². The lowest BCUT2D eigenvalue weighted by Gasteiger charge is -2.33. The van der Waals surface area contributed by atoms with Crippen LogP contribution in [-0.2, 0) is 11.3 Å². The monoisotopic (exact) mass is 303 g/mol. The third kappa shape index (κ3) is 3.80. The normalized spacial score (nSPS) is 25.9. The summed E-state index contributed by atoms with van der Waals surface area (Å²) in [6.07, 6.45) is 1.28. The van der Waals surface area contributed by atoms with Crippen molar-refractivity contribution in [1.29, 1.82) is 0 Å². The lowest BCUT2D eigenvalue weighted by atomic mass is 9.89. The van der Waals surface area contributed by atoms with Crippen LogP contribution in [0.25, 0.3) is 0 Å². The molecule has 0 aliphatic carbocycles. The van der Waals surface area contributed by atoms with Gasteiger partial charge in [0.15, 0.2) is 0 Å². The molecule has 4 nitrogen and oxygen atoms in total. The Hall–Kier alpha value is -1.10. The maximum Gasteiger partial charge on any atom is 0.0642 e. The van der Waals surface area contributed by atoms with Gasteiger partial charge < -0.3 is 19.9 Å². The predicted octanol–water partition coefficient (Wildman–Crippen LogP) is 1.95. The van der Waals surface area contributed by atoms with Crippen LogP contribution in [-0.4, -0.2) is 57.9 Å². The number of hydrogen-bond acceptors (Lipinski definition) is 4. The third-order valence-electron chi connectivity index (χ3n) is 4.89. The first-order valence-corrected chi connectivity index (χ1v) is 8.46. The third-order valence-corrected chi connectivity index (χ3v) is 4.89. The second-order valence-electron chi connectivity index (χ2n) is 7.14. The van der Waals surface area contributed by atoms with E-state index in [0.717, 1.165) is 52.5 Å². The SMILES string of the molecule is CN(Cc1ccccc1N1CCOCC1)CC1(C)CCNC1. The maximum absolute atomic E-state index is 5.49. The molecule has 1 aromatic carbocycles. The Balaban J connectivity index is 1.66. The van der Waals surface area contributed by atoms with Gasteiger partial charge in [-0.05, 0) is 37.1 Å². The van der Waals surface area contributed by atoms with Gasteiger partial charge in [-0.15, -0.1) is 0 Å². The molecule has 0 bridgehead atoms. The summed E-state index contributed by atoms with van der Waals surface area (Å²) >= 11 is 0. The molecule has 2 aliphatic heterocycles. The fourth-order valence-electron chi connectivity index (χ4n) is 3.76. The van der Waals surface area contributed by atoms with Crippen LogP contribution >= 0.6 is 0 Å². The van der Waals surface area contributed by atoms with Crippen molar-refractivity contribution >= 4 is 5.69 Å². The van der Waals surface area contributed by atoms with E-state index in [4.69, 9.17) is 4.74 Å². The molecule has 0 amide bonds. The van der Waals surface area contributed by atoms with Crippen LogP contribution in [0.2, 0.25) is 0 Å². The number of nitrogens with zero attached hydrogens (tertiary/aromatic N) is 2. The zero-order valence-corrected chi connectivity index (χ0v) is 14.0. The molecule has 0 spiro atoms. The van der Waals surface area contributed by atoms with Crippen molar-refractivity contribution in [3.63, 3.8) is 0 Å². The Morgan fingerprint density at radius 1 is 1.27 bits per heavy atom. The molecule has 1 unspecified atom stereocenters. The molecule has 2 saturated heterocycles. The van der Waals surface area contributed by atoms with Crippen LogP contribution < -0.4 is 10.2 Å². The van der Waals surface area contributed by atoms with E-state index in [2.05, 4.69) is 53.4 Å². The topological polar surface area (TPSA) is 27.7 Å². The van der Waals surface area contributed by atoms with Gasteiger partial charge in [-0.25, -0.2) is 0 Å². The first kappa shape index (κ1) is 15.8.